The molecule has 86 valence electrons. The highest BCUT2D eigenvalue weighted by atomic mass is 16.5. The average Bonchev–Trinajstić information content (AvgIpc) is 2.91. The first kappa shape index (κ1) is 10.2. The number of fused-ring (bicyclic) bond motifs is 1. The van der Waals surface area contributed by atoms with Crippen molar-refractivity contribution in [3.63, 3.8) is 0 Å². The molecular weight excluding hydrogens is 216 g/mol. The van der Waals surface area contributed by atoms with Crippen molar-refractivity contribution in [2.24, 2.45) is 5.92 Å². The molecule has 0 spiro atoms. The lowest BCUT2D eigenvalue weighted by Gasteiger charge is -2.17. The van der Waals surface area contributed by atoms with Crippen LogP contribution in [0.25, 0.3) is 11.0 Å². The summed E-state index contributed by atoms with van der Waals surface area (Å²) in [6.45, 7) is 3.51. The Morgan fingerprint density at radius 2 is 2.41 bits per heavy atom. The van der Waals surface area contributed by atoms with E-state index in [1.54, 1.807) is 6.20 Å². The number of nitrogens with zero attached hydrogens (tertiary/aromatic N) is 4. The summed E-state index contributed by atoms with van der Waals surface area (Å²) in [6, 6.07) is 4.25. The molecule has 5 heteroatoms. The maximum Gasteiger partial charge on any atom is 0.144 e. The molecule has 0 bridgehead atoms. The average molecular weight is 228 g/mol. The topological polar surface area (TPSA) is 63.7 Å². The van der Waals surface area contributed by atoms with Gasteiger partial charge in [0.15, 0.2) is 0 Å². The minimum atomic E-state index is 0.192. The molecule has 0 unspecified atom stereocenters. The van der Waals surface area contributed by atoms with Gasteiger partial charge < -0.3 is 9.30 Å². The van der Waals surface area contributed by atoms with Gasteiger partial charge in [-0.25, -0.2) is 9.97 Å². The molecule has 17 heavy (non-hydrogen) atoms. The summed E-state index contributed by atoms with van der Waals surface area (Å²) >= 11 is 0. The largest absolute Gasteiger partial charge is 0.379 e. The lowest BCUT2D eigenvalue weighted by atomic mass is 10.1. The number of hydrogen-bond acceptors (Lipinski definition) is 4. The highest BCUT2D eigenvalue weighted by Crippen LogP contribution is 2.30. The Bertz CT molecular complexity index is 598. The Kier molecular flexibility index (Phi) is 2.30. The van der Waals surface area contributed by atoms with Crippen molar-refractivity contribution < 1.29 is 4.74 Å². The van der Waals surface area contributed by atoms with Crippen LogP contribution < -0.4 is 0 Å². The van der Waals surface area contributed by atoms with Gasteiger partial charge in [0.05, 0.1) is 19.3 Å². The van der Waals surface area contributed by atoms with Gasteiger partial charge in [0.2, 0.25) is 0 Å². The van der Waals surface area contributed by atoms with Crippen molar-refractivity contribution in [2.75, 3.05) is 13.2 Å². The normalized spacial score (nSPS) is 24.0. The summed E-state index contributed by atoms with van der Waals surface area (Å²) in [4.78, 5) is 8.26. The van der Waals surface area contributed by atoms with Crippen LogP contribution in [0.5, 0.6) is 0 Å². The first-order valence-electron chi connectivity index (χ1n) is 5.60. The fourth-order valence-corrected chi connectivity index (χ4v) is 2.37. The van der Waals surface area contributed by atoms with E-state index in [9.17, 15) is 5.26 Å². The molecule has 2 aromatic rings. The molecule has 0 N–H and O–H groups in total. The number of nitriles is 1. The quantitative estimate of drug-likeness (QED) is 0.742. The maximum absolute atomic E-state index is 9.21. The van der Waals surface area contributed by atoms with Gasteiger partial charge in [-0.05, 0) is 6.07 Å². The second kappa shape index (κ2) is 3.82. The van der Waals surface area contributed by atoms with Gasteiger partial charge in [0.25, 0.3) is 0 Å². The Balaban J connectivity index is 2.23. The molecule has 5 nitrogen and oxygen atoms in total. The third-order valence-electron chi connectivity index (χ3n) is 3.27. The Morgan fingerprint density at radius 1 is 1.53 bits per heavy atom. The van der Waals surface area contributed by atoms with Crippen molar-refractivity contribution in [1.29, 1.82) is 5.26 Å². The second-order valence-electron chi connectivity index (χ2n) is 4.40. The van der Waals surface area contributed by atoms with Gasteiger partial charge in [-0.15, -0.1) is 0 Å². The van der Waals surface area contributed by atoms with Crippen LogP contribution in [0.1, 0.15) is 18.7 Å². The van der Waals surface area contributed by atoms with E-state index in [2.05, 4.69) is 23.0 Å². The van der Waals surface area contributed by atoms with Crippen LogP contribution in [0.15, 0.2) is 18.6 Å². The number of ether oxygens (including phenoxy) is 1. The van der Waals surface area contributed by atoms with Crippen LogP contribution in [-0.2, 0) is 4.74 Å². The molecule has 1 fully saturated rings. The van der Waals surface area contributed by atoms with Crippen molar-refractivity contribution >= 4 is 11.0 Å². The molecule has 0 aromatic carbocycles. The predicted octanol–water partition coefficient (Wildman–Crippen LogP) is 1.51. The molecule has 1 aliphatic rings. The summed E-state index contributed by atoms with van der Waals surface area (Å²) in [5.74, 6) is 0.396. The monoisotopic (exact) mass is 228 g/mol. The third-order valence-corrected chi connectivity index (χ3v) is 3.27. The zero-order chi connectivity index (χ0) is 11.8. The van der Waals surface area contributed by atoms with Crippen LogP contribution in [0.2, 0.25) is 0 Å². The Hall–Kier alpha value is -1.93. The lowest BCUT2D eigenvalue weighted by Crippen LogP contribution is -2.17. The number of rotatable bonds is 1. The SMILES string of the molecule is C[C@@H]1COC[C@@H]1n1c(C#N)cc2cncnc21. The summed E-state index contributed by atoms with van der Waals surface area (Å²) < 4.78 is 7.45. The standard InChI is InChI=1S/C12H12N4O/c1-8-5-17-6-11(8)16-10(3-13)2-9-4-14-7-15-12(9)16/h2,4,7-8,11H,5-6H2,1H3/t8-,11+/m1/s1. The third kappa shape index (κ3) is 1.49. The Morgan fingerprint density at radius 3 is 3.12 bits per heavy atom. The van der Waals surface area contributed by atoms with E-state index in [0.29, 0.717) is 18.2 Å². The van der Waals surface area contributed by atoms with Gasteiger partial charge in [0.1, 0.15) is 23.7 Å². The maximum atomic E-state index is 9.21. The molecule has 3 rings (SSSR count). The molecule has 1 aliphatic heterocycles. The summed E-state index contributed by atoms with van der Waals surface area (Å²) in [6.07, 6.45) is 3.25. The van der Waals surface area contributed by atoms with Crippen molar-refractivity contribution in [1.82, 2.24) is 14.5 Å². The van der Waals surface area contributed by atoms with E-state index in [1.807, 2.05) is 10.6 Å². The van der Waals surface area contributed by atoms with Crippen LogP contribution in [0.4, 0.5) is 0 Å². The van der Waals surface area contributed by atoms with Crippen molar-refractivity contribution in [3.8, 4) is 6.07 Å². The van der Waals surface area contributed by atoms with Crippen molar-refractivity contribution in [2.45, 2.75) is 13.0 Å². The van der Waals surface area contributed by atoms with E-state index >= 15 is 0 Å². The Labute approximate surface area is 98.7 Å². The second-order valence-corrected chi connectivity index (χ2v) is 4.40. The summed E-state index contributed by atoms with van der Waals surface area (Å²) in [7, 11) is 0. The first-order valence-corrected chi connectivity index (χ1v) is 5.60. The number of aromatic nitrogens is 3. The summed E-state index contributed by atoms with van der Waals surface area (Å²) in [5.41, 5.74) is 1.45. The predicted molar refractivity (Wildman–Crippen MR) is 61.3 cm³/mol. The van der Waals surface area contributed by atoms with Gasteiger partial charge in [-0.2, -0.15) is 5.26 Å². The lowest BCUT2D eigenvalue weighted by molar-refractivity contribution is 0.182. The van der Waals surface area contributed by atoms with E-state index in [0.717, 1.165) is 17.6 Å². The molecule has 2 atom stereocenters. The van der Waals surface area contributed by atoms with Gasteiger partial charge in [0, 0.05) is 17.5 Å². The molecule has 1 saturated heterocycles. The molecule has 0 radical (unpaired) electrons. The van der Waals surface area contributed by atoms with Gasteiger partial charge in [-0.1, -0.05) is 6.92 Å². The van der Waals surface area contributed by atoms with E-state index in [1.165, 1.54) is 6.33 Å². The minimum Gasteiger partial charge on any atom is -0.379 e. The summed E-state index contributed by atoms with van der Waals surface area (Å²) in [5, 5.41) is 10.1. The molecular formula is C12H12N4O. The van der Waals surface area contributed by atoms with Gasteiger partial charge >= 0.3 is 0 Å². The molecule has 3 heterocycles. The fraction of sp³-hybridized carbons (Fsp3) is 0.417. The number of hydrogen-bond donors (Lipinski definition) is 0. The molecule has 2 aromatic heterocycles. The highest BCUT2D eigenvalue weighted by Gasteiger charge is 2.29. The molecule has 0 amide bonds. The minimum absolute atomic E-state index is 0.192. The fourth-order valence-electron chi connectivity index (χ4n) is 2.37. The molecule has 0 aliphatic carbocycles. The first-order chi connectivity index (χ1) is 8.31. The van der Waals surface area contributed by atoms with Gasteiger partial charge in [-0.3, -0.25) is 0 Å². The van der Waals surface area contributed by atoms with E-state index in [-0.39, 0.29) is 6.04 Å². The van der Waals surface area contributed by atoms with Crippen LogP contribution in [-0.4, -0.2) is 27.7 Å². The van der Waals surface area contributed by atoms with Crippen molar-refractivity contribution in [3.05, 3.63) is 24.3 Å². The molecule has 0 saturated carbocycles. The van der Waals surface area contributed by atoms with Crippen LogP contribution in [0.3, 0.4) is 0 Å². The zero-order valence-corrected chi connectivity index (χ0v) is 9.50. The smallest absolute Gasteiger partial charge is 0.144 e. The van der Waals surface area contributed by atoms with E-state index in [4.69, 9.17) is 4.74 Å². The van der Waals surface area contributed by atoms with Crippen LogP contribution in [0, 0.1) is 17.2 Å². The zero-order valence-electron chi connectivity index (χ0n) is 9.50. The van der Waals surface area contributed by atoms with E-state index < -0.39 is 0 Å². The highest BCUT2D eigenvalue weighted by molar-refractivity contribution is 5.77. The van der Waals surface area contributed by atoms with Crippen LogP contribution >= 0.6 is 0 Å².